The molecule has 0 unspecified atom stereocenters. The monoisotopic (exact) mass is 487 g/mol. The molecule has 0 bridgehead atoms. The van der Waals surface area contributed by atoms with E-state index in [9.17, 15) is 24.5 Å². The Hall–Kier alpha value is -3.69. The minimum absolute atomic E-state index is 0.141. The van der Waals surface area contributed by atoms with E-state index < -0.39 is 40.3 Å². The van der Waals surface area contributed by atoms with E-state index in [4.69, 9.17) is 9.47 Å². The van der Waals surface area contributed by atoms with E-state index in [1.54, 1.807) is 54.5 Å². The molecule has 2 N–H and O–H groups in total. The molecule has 0 spiro atoms. The second-order valence-electron chi connectivity index (χ2n) is 9.71. The Morgan fingerprint density at radius 3 is 2.23 bits per heavy atom. The number of benzene rings is 1. The van der Waals surface area contributed by atoms with Gasteiger partial charge in [-0.2, -0.15) is 0 Å². The van der Waals surface area contributed by atoms with Gasteiger partial charge in [-0.25, -0.2) is 9.59 Å². The second-order valence-corrected chi connectivity index (χ2v) is 9.71. The maximum Gasteiger partial charge on any atom is 0.336 e. The minimum atomic E-state index is -0.963. The largest absolute Gasteiger partial charge is 0.466 e. The van der Waals surface area contributed by atoms with Crippen molar-refractivity contribution in [3.05, 3.63) is 62.5 Å². The van der Waals surface area contributed by atoms with Gasteiger partial charge in [-0.15, -0.1) is 0 Å². The van der Waals surface area contributed by atoms with Gasteiger partial charge >= 0.3 is 11.9 Å². The van der Waals surface area contributed by atoms with Crippen molar-refractivity contribution < 1.29 is 28.8 Å². The van der Waals surface area contributed by atoms with Crippen LogP contribution >= 0.6 is 0 Å². The zero-order valence-corrected chi connectivity index (χ0v) is 21.3. The lowest BCUT2D eigenvalue weighted by molar-refractivity contribution is -0.384. The van der Waals surface area contributed by atoms with Crippen LogP contribution in [0.1, 0.15) is 59.9 Å². The molecule has 0 aromatic heterocycles. The number of ether oxygens (including phenoxy) is 2. The number of carbonyl (C=O) groups excluding carboxylic acids is 3. The predicted octanol–water partition coefficient (Wildman–Crippen LogP) is 3.49. The van der Waals surface area contributed by atoms with Gasteiger partial charge in [0.1, 0.15) is 11.6 Å². The predicted molar refractivity (Wildman–Crippen MR) is 129 cm³/mol. The summed E-state index contributed by atoms with van der Waals surface area (Å²) in [7, 11) is 1.22. The Kier molecular flexibility index (Phi) is 8.43. The third kappa shape index (κ3) is 6.46. The SMILES string of the molecule is COC(=O)C1=C(C)NC(C)=C(C(=O)N[C@H](C(=O)OC(C)(C)C)C(C)C)[C@H]1c1cccc([N+](=O)[O-])c1. The second kappa shape index (κ2) is 10.7. The molecular formula is C25H33N3O7. The number of nitro benzene ring substituents is 1. The first-order valence-corrected chi connectivity index (χ1v) is 11.2. The number of nitro groups is 1. The number of amides is 1. The van der Waals surface area contributed by atoms with Crippen LogP contribution < -0.4 is 10.6 Å². The molecule has 2 atom stereocenters. The highest BCUT2D eigenvalue weighted by atomic mass is 16.6. The van der Waals surface area contributed by atoms with Crippen molar-refractivity contribution in [2.75, 3.05) is 7.11 Å². The van der Waals surface area contributed by atoms with E-state index in [-0.39, 0.29) is 22.8 Å². The summed E-state index contributed by atoms with van der Waals surface area (Å²) in [6.07, 6.45) is 0. The van der Waals surface area contributed by atoms with Gasteiger partial charge in [0.05, 0.1) is 23.5 Å². The minimum Gasteiger partial charge on any atom is -0.466 e. The molecule has 0 fully saturated rings. The van der Waals surface area contributed by atoms with Crippen LogP contribution in [0.25, 0.3) is 0 Å². The summed E-state index contributed by atoms with van der Waals surface area (Å²) in [5.74, 6) is -3.13. The summed E-state index contributed by atoms with van der Waals surface area (Å²) in [5.41, 5.74) is 0.607. The fourth-order valence-electron chi connectivity index (χ4n) is 3.91. The molecule has 35 heavy (non-hydrogen) atoms. The van der Waals surface area contributed by atoms with Crippen LogP contribution in [0, 0.1) is 16.0 Å². The quantitative estimate of drug-likeness (QED) is 0.339. The Balaban J connectivity index is 2.60. The first-order valence-electron chi connectivity index (χ1n) is 11.2. The van der Waals surface area contributed by atoms with Crippen molar-refractivity contribution >= 4 is 23.5 Å². The van der Waals surface area contributed by atoms with Crippen molar-refractivity contribution in [2.45, 2.75) is 66.0 Å². The van der Waals surface area contributed by atoms with Crippen LogP contribution in [0.3, 0.4) is 0 Å². The lowest BCUT2D eigenvalue weighted by atomic mass is 9.79. The highest BCUT2D eigenvalue weighted by Gasteiger charge is 2.39. The number of dihydropyridines is 1. The first-order chi connectivity index (χ1) is 16.2. The van der Waals surface area contributed by atoms with Gasteiger partial charge in [0, 0.05) is 29.1 Å². The van der Waals surface area contributed by atoms with Crippen molar-refractivity contribution in [1.82, 2.24) is 10.6 Å². The number of methoxy groups -OCH3 is 1. The number of nitrogens with one attached hydrogen (secondary N) is 2. The van der Waals surface area contributed by atoms with Crippen LogP contribution in [0.15, 0.2) is 46.8 Å². The summed E-state index contributed by atoms with van der Waals surface area (Å²) in [6.45, 7) is 12.1. The molecule has 0 saturated heterocycles. The van der Waals surface area contributed by atoms with Gasteiger partial charge in [-0.05, 0) is 46.1 Å². The van der Waals surface area contributed by atoms with Crippen LogP contribution in [-0.4, -0.2) is 41.5 Å². The van der Waals surface area contributed by atoms with E-state index in [1.165, 1.54) is 25.3 Å². The van der Waals surface area contributed by atoms with Crippen molar-refractivity contribution in [3.63, 3.8) is 0 Å². The normalized spacial score (nSPS) is 17.0. The van der Waals surface area contributed by atoms with E-state index in [2.05, 4.69) is 10.6 Å². The molecule has 1 aliphatic heterocycles. The summed E-state index contributed by atoms with van der Waals surface area (Å²) in [4.78, 5) is 50.1. The average molecular weight is 488 g/mol. The van der Waals surface area contributed by atoms with Crippen molar-refractivity contribution in [1.29, 1.82) is 0 Å². The maximum atomic E-state index is 13.6. The summed E-state index contributed by atoms with van der Waals surface area (Å²) >= 11 is 0. The summed E-state index contributed by atoms with van der Waals surface area (Å²) in [5, 5.41) is 17.2. The van der Waals surface area contributed by atoms with Crippen LogP contribution in [-0.2, 0) is 23.9 Å². The fraction of sp³-hybridized carbons (Fsp3) is 0.480. The number of hydrogen-bond acceptors (Lipinski definition) is 8. The third-order valence-corrected chi connectivity index (χ3v) is 5.44. The molecule has 1 heterocycles. The smallest absolute Gasteiger partial charge is 0.336 e. The third-order valence-electron chi connectivity index (χ3n) is 5.44. The molecule has 0 aliphatic carbocycles. The topological polar surface area (TPSA) is 137 Å². The van der Waals surface area contributed by atoms with E-state index in [1.807, 2.05) is 0 Å². The number of non-ortho nitro benzene ring substituents is 1. The molecule has 1 aromatic rings. The molecule has 1 aliphatic rings. The van der Waals surface area contributed by atoms with Gasteiger partial charge in [0.15, 0.2) is 0 Å². The highest BCUT2D eigenvalue weighted by molar-refractivity contribution is 6.03. The van der Waals surface area contributed by atoms with Gasteiger partial charge in [-0.3, -0.25) is 14.9 Å². The van der Waals surface area contributed by atoms with E-state index in [0.717, 1.165) is 0 Å². The number of allylic oxidation sites excluding steroid dienone is 2. The Bertz CT molecular complexity index is 1100. The Morgan fingerprint density at radius 2 is 1.71 bits per heavy atom. The Morgan fingerprint density at radius 1 is 1.11 bits per heavy atom. The van der Waals surface area contributed by atoms with E-state index >= 15 is 0 Å². The standard InChI is InChI=1S/C25H33N3O7/c1-13(2)21(24(31)35-25(5,6)7)27-22(29)18-14(3)26-15(4)19(23(30)34-8)20(18)16-10-9-11-17(12-16)28(32)33/h9-13,20-21,26H,1-8H3,(H,27,29)/t20-,21+/m1/s1. The molecule has 1 aromatic carbocycles. The molecular weight excluding hydrogens is 454 g/mol. The summed E-state index contributed by atoms with van der Waals surface area (Å²) < 4.78 is 10.4. The fourth-order valence-corrected chi connectivity index (χ4v) is 3.91. The van der Waals surface area contributed by atoms with Crippen LogP contribution in [0.4, 0.5) is 5.69 Å². The molecule has 2 rings (SSSR count). The zero-order chi connectivity index (χ0) is 26.7. The summed E-state index contributed by atoms with van der Waals surface area (Å²) in [6, 6.07) is 4.78. The molecule has 0 saturated carbocycles. The highest BCUT2D eigenvalue weighted by Crippen LogP contribution is 2.39. The maximum absolute atomic E-state index is 13.6. The molecule has 1 amide bonds. The molecule has 0 radical (unpaired) electrons. The zero-order valence-electron chi connectivity index (χ0n) is 21.3. The van der Waals surface area contributed by atoms with Gasteiger partial charge in [-0.1, -0.05) is 26.0 Å². The number of hydrogen-bond donors (Lipinski definition) is 2. The van der Waals surface area contributed by atoms with Gasteiger partial charge < -0.3 is 20.1 Å². The van der Waals surface area contributed by atoms with E-state index in [0.29, 0.717) is 17.0 Å². The Labute approximate surface area is 204 Å². The number of esters is 2. The molecule has 10 heteroatoms. The average Bonchev–Trinajstić information content (AvgIpc) is 2.74. The van der Waals surface area contributed by atoms with Crippen molar-refractivity contribution in [3.8, 4) is 0 Å². The first kappa shape index (κ1) is 27.6. The lowest BCUT2D eigenvalue weighted by Gasteiger charge is -2.32. The van der Waals surface area contributed by atoms with Gasteiger partial charge in [0.2, 0.25) is 0 Å². The van der Waals surface area contributed by atoms with Gasteiger partial charge in [0.25, 0.3) is 11.6 Å². The molecule has 190 valence electrons. The lowest BCUT2D eigenvalue weighted by Crippen LogP contribution is -2.49. The van der Waals surface area contributed by atoms with Crippen LogP contribution in [0.2, 0.25) is 0 Å². The van der Waals surface area contributed by atoms with Crippen LogP contribution in [0.5, 0.6) is 0 Å². The molecule has 10 nitrogen and oxygen atoms in total. The van der Waals surface area contributed by atoms with Crippen molar-refractivity contribution in [2.24, 2.45) is 5.92 Å². The number of rotatable bonds is 7. The number of carbonyl (C=O) groups is 3. The number of nitrogens with zero attached hydrogens (tertiary/aromatic N) is 1.